The SMILES string of the molecule is CN1CC(=O)N(CC(=O)Nc2cccc3c2CCCC3)c2ccccc2C1=O. The summed E-state index contributed by atoms with van der Waals surface area (Å²) in [5.41, 5.74) is 4.21. The number of carbonyl (C=O) groups is 3. The summed E-state index contributed by atoms with van der Waals surface area (Å²) in [5, 5.41) is 2.98. The average molecular weight is 377 g/mol. The Balaban J connectivity index is 1.58. The fourth-order valence-corrected chi connectivity index (χ4v) is 4.00. The molecule has 1 heterocycles. The van der Waals surface area contributed by atoms with Gasteiger partial charge in [0.2, 0.25) is 11.8 Å². The molecular formula is C22H23N3O3. The van der Waals surface area contributed by atoms with Gasteiger partial charge in [0.25, 0.3) is 5.91 Å². The van der Waals surface area contributed by atoms with Gasteiger partial charge in [0.15, 0.2) is 0 Å². The molecule has 0 unspecified atom stereocenters. The zero-order valence-electron chi connectivity index (χ0n) is 15.9. The van der Waals surface area contributed by atoms with Crippen LogP contribution in [0.2, 0.25) is 0 Å². The third-order valence-electron chi connectivity index (χ3n) is 5.42. The van der Waals surface area contributed by atoms with Gasteiger partial charge >= 0.3 is 0 Å². The number of hydrogen-bond acceptors (Lipinski definition) is 3. The number of rotatable bonds is 3. The van der Waals surface area contributed by atoms with Crippen molar-refractivity contribution in [3.8, 4) is 0 Å². The molecular weight excluding hydrogens is 354 g/mol. The minimum atomic E-state index is -0.272. The molecule has 6 nitrogen and oxygen atoms in total. The first-order chi connectivity index (χ1) is 13.5. The maximum absolute atomic E-state index is 12.8. The van der Waals surface area contributed by atoms with Crippen LogP contribution in [0.4, 0.5) is 11.4 Å². The molecule has 0 saturated carbocycles. The highest BCUT2D eigenvalue weighted by Crippen LogP contribution is 2.28. The number of nitrogens with zero attached hydrogens (tertiary/aromatic N) is 2. The van der Waals surface area contributed by atoms with Gasteiger partial charge in [-0.15, -0.1) is 0 Å². The normalized spacial score (nSPS) is 16.3. The van der Waals surface area contributed by atoms with E-state index in [1.807, 2.05) is 12.1 Å². The van der Waals surface area contributed by atoms with Gasteiger partial charge in [0, 0.05) is 12.7 Å². The van der Waals surface area contributed by atoms with E-state index in [-0.39, 0.29) is 30.8 Å². The average Bonchev–Trinajstić information content (AvgIpc) is 2.79. The predicted molar refractivity (Wildman–Crippen MR) is 107 cm³/mol. The summed E-state index contributed by atoms with van der Waals surface area (Å²) >= 11 is 0. The van der Waals surface area contributed by atoms with Crippen LogP contribution in [0.3, 0.4) is 0 Å². The topological polar surface area (TPSA) is 69.7 Å². The molecule has 2 aliphatic rings. The van der Waals surface area contributed by atoms with Crippen LogP contribution >= 0.6 is 0 Å². The van der Waals surface area contributed by atoms with Crippen molar-refractivity contribution in [1.82, 2.24) is 4.90 Å². The van der Waals surface area contributed by atoms with Crippen molar-refractivity contribution in [3.63, 3.8) is 0 Å². The first-order valence-electron chi connectivity index (χ1n) is 9.60. The van der Waals surface area contributed by atoms with E-state index in [0.717, 1.165) is 24.9 Å². The largest absolute Gasteiger partial charge is 0.332 e. The highest BCUT2D eigenvalue weighted by atomic mass is 16.2. The van der Waals surface area contributed by atoms with Gasteiger partial charge in [-0.1, -0.05) is 24.3 Å². The van der Waals surface area contributed by atoms with E-state index in [9.17, 15) is 14.4 Å². The summed E-state index contributed by atoms with van der Waals surface area (Å²) in [7, 11) is 1.59. The molecule has 0 spiro atoms. The number of benzene rings is 2. The van der Waals surface area contributed by atoms with E-state index in [0.29, 0.717) is 11.3 Å². The Morgan fingerprint density at radius 1 is 1.04 bits per heavy atom. The van der Waals surface area contributed by atoms with Gasteiger partial charge in [-0.25, -0.2) is 0 Å². The van der Waals surface area contributed by atoms with Gasteiger partial charge in [-0.05, 0) is 55.0 Å². The highest BCUT2D eigenvalue weighted by Gasteiger charge is 2.30. The van der Waals surface area contributed by atoms with E-state index < -0.39 is 0 Å². The molecule has 3 amide bonds. The number of likely N-dealkylation sites (N-methyl/N-ethyl adjacent to an activating group) is 1. The van der Waals surface area contributed by atoms with Crippen LogP contribution in [0.25, 0.3) is 0 Å². The second kappa shape index (κ2) is 7.46. The van der Waals surface area contributed by atoms with E-state index in [1.165, 1.54) is 27.3 Å². The summed E-state index contributed by atoms with van der Waals surface area (Å²) < 4.78 is 0. The van der Waals surface area contributed by atoms with Crippen LogP contribution in [-0.2, 0) is 22.4 Å². The molecule has 0 saturated heterocycles. The van der Waals surface area contributed by atoms with Crippen LogP contribution in [0, 0.1) is 0 Å². The number of hydrogen-bond donors (Lipinski definition) is 1. The van der Waals surface area contributed by atoms with E-state index in [4.69, 9.17) is 0 Å². The fourth-order valence-electron chi connectivity index (χ4n) is 4.00. The van der Waals surface area contributed by atoms with Crippen molar-refractivity contribution in [2.75, 3.05) is 30.4 Å². The standard InChI is InChI=1S/C22H23N3O3/c1-24-14-21(27)25(19-12-5-4-10-17(19)22(24)28)13-20(26)23-18-11-6-8-15-7-2-3-9-16(15)18/h4-6,8,10-12H,2-3,7,9,13-14H2,1H3,(H,23,26). The van der Waals surface area contributed by atoms with Crippen molar-refractivity contribution in [2.45, 2.75) is 25.7 Å². The molecule has 0 aromatic heterocycles. The lowest BCUT2D eigenvalue weighted by Crippen LogP contribution is -2.41. The fraction of sp³-hybridized carbons (Fsp3) is 0.318. The van der Waals surface area contributed by atoms with Crippen molar-refractivity contribution in [3.05, 3.63) is 59.2 Å². The van der Waals surface area contributed by atoms with Gasteiger partial charge in [-0.2, -0.15) is 0 Å². The second-order valence-corrected chi connectivity index (χ2v) is 7.36. The Labute approximate surface area is 164 Å². The number of amides is 3. The van der Waals surface area contributed by atoms with Gasteiger partial charge in [-0.3, -0.25) is 14.4 Å². The quantitative estimate of drug-likeness (QED) is 0.894. The Morgan fingerprint density at radius 2 is 1.82 bits per heavy atom. The number of anilines is 2. The molecule has 144 valence electrons. The lowest BCUT2D eigenvalue weighted by molar-refractivity contribution is -0.121. The van der Waals surface area contributed by atoms with Gasteiger partial charge in [0.1, 0.15) is 13.1 Å². The van der Waals surface area contributed by atoms with E-state index in [1.54, 1.807) is 31.3 Å². The molecule has 6 heteroatoms. The van der Waals surface area contributed by atoms with Crippen LogP contribution in [-0.4, -0.2) is 42.8 Å². The summed E-state index contributed by atoms with van der Waals surface area (Å²) in [6.45, 7) is -0.178. The molecule has 1 aliphatic heterocycles. The Morgan fingerprint density at radius 3 is 2.68 bits per heavy atom. The second-order valence-electron chi connectivity index (χ2n) is 7.36. The first-order valence-corrected chi connectivity index (χ1v) is 9.60. The molecule has 1 aliphatic carbocycles. The molecule has 2 aromatic rings. The number of nitrogens with one attached hydrogen (secondary N) is 1. The monoisotopic (exact) mass is 377 g/mol. The maximum Gasteiger partial charge on any atom is 0.256 e. The Bertz CT molecular complexity index is 954. The minimum absolute atomic E-state index is 0.0540. The molecule has 4 rings (SSSR count). The first kappa shape index (κ1) is 18.2. The van der Waals surface area contributed by atoms with Crippen molar-refractivity contribution >= 4 is 29.1 Å². The molecule has 1 N–H and O–H groups in total. The van der Waals surface area contributed by atoms with Crippen molar-refractivity contribution in [1.29, 1.82) is 0 Å². The van der Waals surface area contributed by atoms with Crippen LogP contribution < -0.4 is 10.2 Å². The summed E-state index contributed by atoms with van der Waals surface area (Å²) in [4.78, 5) is 40.8. The van der Waals surface area contributed by atoms with Gasteiger partial charge < -0.3 is 15.1 Å². The molecule has 0 atom stereocenters. The third kappa shape index (κ3) is 3.38. The van der Waals surface area contributed by atoms with Crippen LogP contribution in [0.15, 0.2) is 42.5 Å². The number of para-hydroxylation sites is 1. The minimum Gasteiger partial charge on any atom is -0.332 e. The summed E-state index contributed by atoms with van der Waals surface area (Å²) in [6, 6.07) is 12.9. The van der Waals surface area contributed by atoms with Crippen molar-refractivity contribution < 1.29 is 14.4 Å². The molecule has 0 fully saturated rings. The lowest BCUT2D eigenvalue weighted by atomic mass is 9.90. The smallest absolute Gasteiger partial charge is 0.256 e. The molecule has 0 bridgehead atoms. The molecule has 28 heavy (non-hydrogen) atoms. The van der Waals surface area contributed by atoms with E-state index >= 15 is 0 Å². The number of carbonyl (C=O) groups excluding carboxylic acids is 3. The maximum atomic E-state index is 12.8. The Kier molecular flexibility index (Phi) is 4.86. The zero-order valence-corrected chi connectivity index (χ0v) is 15.9. The summed E-state index contributed by atoms with van der Waals surface area (Å²) in [6.07, 6.45) is 4.28. The predicted octanol–water partition coefficient (Wildman–Crippen LogP) is 2.62. The molecule has 0 radical (unpaired) electrons. The van der Waals surface area contributed by atoms with Crippen LogP contribution in [0.1, 0.15) is 34.3 Å². The molecule has 2 aromatic carbocycles. The van der Waals surface area contributed by atoms with Gasteiger partial charge in [0.05, 0.1) is 11.3 Å². The zero-order chi connectivity index (χ0) is 19.7. The highest BCUT2D eigenvalue weighted by molar-refractivity contribution is 6.12. The number of aryl methyl sites for hydroxylation is 1. The third-order valence-corrected chi connectivity index (χ3v) is 5.42. The Hall–Kier alpha value is -3.15. The lowest BCUT2D eigenvalue weighted by Gasteiger charge is -2.23. The number of fused-ring (bicyclic) bond motifs is 2. The van der Waals surface area contributed by atoms with Crippen LogP contribution in [0.5, 0.6) is 0 Å². The van der Waals surface area contributed by atoms with E-state index in [2.05, 4.69) is 11.4 Å². The van der Waals surface area contributed by atoms with Crippen molar-refractivity contribution in [2.24, 2.45) is 0 Å². The summed E-state index contributed by atoms with van der Waals surface area (Å²) in [5.74, 6) is -0.755.